The molecule has 2 rings (SSSR count). The summed E-state index contributed by atoms with van der Waals surface area (Å²) in [4.78, 5) is 14.4. The minimum Gasteiger partial charge on any atom is -0.340 e. The second-order valence-corrected chi connectivity index (χ2v) is 5.70. The fraction of sp³-hybridized carbons (Fsp3) is 0.929. The zero-order valence-corrected chi connectivity index (χ0v) is 11.0. The fourth-order valence-electron chi connectivity index (χ4n) is 2.94. The van der Waals surface area contributed by atoms with Crippen molar-refractivity contribution in [2.75, 3.05) is 6.54 Å². The number of likely N-dealkylation sites (tertiary alicyclic amines) is 1. The van der Waals surface area contributed by atoms with Gasteiger partial charge in [0.2, 0.25) is 5.91 Å². The highest BCUT2D eigenvalue weighted by atomic mass is 16.2. The zero-order chi connectivity index (χ0) is 12.3. The van der Waals surface area contributed by atoms with Gasteiger partial charge in [-0.25, -0.2) is 0 Å². The summed E-state index contributed by atoms with van der Waals surface area (Å²) >= 11 is 0. The molecule has 1 aliphatic heterocycles. The number of rotatable bonds is 4. The number of carbonyl (C=O) groups excluding carboxylic acids is 1. The van der Waals surface area contributed by atoms with Crippen LogP contribution in [0.4, 0.5) is 0 Å². The Morgan fingerprint density at radius 3 is 2.71 bits per heavy atom. The van der Waals surface area contributed by atoms with Crippen molar-refractivity contribution < 1.29 is 4.79 Å². The number of hydrogen-bond acceptors (Lipinski definition) is 2. The highest BCUT2D eigenvalue weighted by Gasteiger charge is 2.32. The molecule has 3 nitrogen and oxygen atoms in total. The third kappa shape index (κ3) is 3.44. The first-order valence-electron chi connectivity index (χ1n) is 7.27. The molecule has 2 atom stereocenters. The second kappa shape index (κ2) is 5.85. The van der Waals surface area contributed by atoms with Gasteiger partial charge in [0.05, 0.1) is 0 Å². The Morgan fingerprint density at radius 2 is 2.06 bits per heavy atom. The van der Waals surface area contributed by atoms with Gasteiger partial charge in [-0.15, -0.1) is 0 Å². The molecular weight excluding hydrogens is 212 g/mol. The molecule has 2 unspecified atom stereocenters. The molecule has 0 aromatic heterocycles. The van der Waals surface area contributed by atoms with E-state index in [0.29, 0.717) is 24.3 Å². The smallest absolute Gasteiger partial charge is 0.224 e. The van der Waals surface area contributed by atoms with Crippen LogP contribution in [-0.4, -0.2) is 29.4 Å². The molecule has 0 bridgehead atoms. The molecule has 1 amide bonds. The maximum absolute atomic E-state index is 12.3. The molecule has 98 valence electrons. The van der Waals surface area contributed by atoms with E-state index in [1.807, 2.05) is 0 Å². The van der Waals surface area contributed by atoms with E-state index >= 15 is 0 Å². The summed E-state index contributed by atoms with van der Waals surface area (Å²) < 4.78 is 0. The molecule has 3 heteroatoms. The predicted molar refractivity (Wildman–Crippen MR) is 69.6 cm³/mol. The van der Waals surface area contributed by atoms with Crippen molar-refractivity contribution in [1.82, 2.24) is 4.90 Å². The quantitative estimate of drug-likeness (QED) is 0.817. The van der Waals surface area contributed by atoms with Crippen LogP contribution in [-0.2, 0) is 4.79 Å². The van der Waals surface area contributed by atoms with E-state index in [4.69, 9.17) is 5.73 Å². The lowest BCUT2D eigenvalue weighted by atomic mass is 10.1. The van der Waals surface area contributed by atoms with Crippen molar-refractivity contribution in [1.29, 1.82) is 0 Å². The number of nitrogens with two attached hydrogens (primary N) is 1. The molecule has 1 heterocycles. The number of carbonyl (C=O) groups is 1. The van der Waals surface area contributed by atoms with E-state index < -0.39 is 0 Å². The van der Waals surface area contributed by atoms with E-state index in [9.17, 15) is 4.79 Å². The van der Waals surface area contributed by atoms with Gasteiger partial charge in [-0.2, -0.15) is 0 Å². The molecule has 2 aliphatic rings. The molecule has 0 spiro atoms. The normalized spacial score (nSPS) is 27.6. The highest BCUT2D eigenvalue weighted by molar-refractivity contribution is 5.77. The molecule has 1 saturated heterocycles. The number of nitrogens with zero attached hydrogens (tertiary/aromatic N) is 1. The monoisotopic (exact) mass is 238 g/mol. The summed E-state index contributed by atoms with van der Waals surface area (Å²) in [6.07, 6.45) is 9.01. The van der Waals surface area contributed by atoms with Crippen LogP contribution in [0, 0.1) is 5.92 Å². The molecule has 17 heavy (non-hydrogen) atoms. The van der Waals surface area contributed by atoms with Gasteiger partial charge < -0.3 is 10.6 Å². The number of hydrogen-bond donors (Lipinski definition) is 1. The molecular formula is C14H26N2O. The SMILES string of the molecule is CCC1CCCCCN1C(=O)CC(N)C1CC1. The van der Waals surface area contributed by atoms with Gasteiger partial charge in [0.1, 0.15) is 0 Å². The topological polar surface area (TPSA) is 46.3 Å². The predicted octanol–water partition coefficient (Wildman–Crippen LogP) is 2.29. The first kappa shape index (κ1) is 12.9. The maximum Gasteiger partial charge on any atom is 0.224 e. The highest BCUT2D eigenvalue weighted by Crippen LogP contribution is 2.33. The second-order valence-electron chi connectivity index (χ2n) is 5.70. The molecule has 2 fully saturated rings. The van der Waals surface area contributed by atoms with Crippen LogP contribution in [0.5, 0.6) is 0 Å². The molecule has 1 saturated carbocycles. The van der Waals surface area contributed by atoms with Crippen LogP contribution in [0.3, 0.4) is 0 Å². The zero-order valence-electron chi connectivity index (χ0n) is 11.0. The Bertz CT molecular complexity index is 263. The Labute approximate surface area is 105 Å². The summed E-state index contributed by atoms with van der Waals surface area (Å²) in [5, 5.41) is 0. The molecule has 1 aliphatic carbocycles. The molecule has 0 aromatic carbocycles. The van der Waals surface area contributed by atoms with Gasteiger partial charge in [-0.05, 0) is 38.0 Å². The minimum absolute atomic E-state index is 0.114. The summed E-state index contributed by atoms with van der Waals surface area (Å²) in [5.74, 6) is 0.934. The van der Waals surface area contributed by atoms with Gasteiger partial charge in [0.15, 0.2) is 0 Å². The summed E-state index contributed by atoms with van der Waals surface area (Å²) in [5.41, 5.74) is 6.07. The van der Waals surface area contributed by atoms with Crippen LogP contribution in [0.25, 0.3) is 0 Å². The van der Waals surface area contributed by atoms with Crippen molar-refractivity contribution in [3.63, 3.8) is 0 Å². The van der Waals surface area contributed by atoms with Crippen LogP contribution in [0.15, 0.2) is 0 Å². The van der Waals surface area contributed by atoms with E-state index in [1.54, 1.807) is 0 Å². The average Bonchev–Trinajstić information content (AvgIpc) is 3.15. The standard InChI is InChI=1S/C14H26N2O/c1-2-12-6-4-3-5-9-16(12)14(17)10-13(15)11-7-8-11/h11-13H,2-10,15H2,1H3. The third-order valence-corrected chi connectivity index (χ3v) is 4.31. The molecule has 0 radical (unpaired) electrons. The van der Waals surface area contributed by atoms with Gasteiger partial charge >= 0.3 is 0 Å². The molecule has 0 aromatic rings. The van der Waals surface area contributed by atoms with Crippen LogP contribution in [0.1, 0.15) is 58.3 Å². The maximum atomic E-state index is 12.3. The van der Waals surface area contributed by atoms with E-state index in [0.717, 1.165) is 13.0 Å². The van der Waals surface area contributed by atoms with Gasteiger partial charge in [0, 0.05) is 25.0 Å². The lowest BCUT2D eigenvalue weighted by molar-refractivity contribution is -0.134. The molecule has 2 N–H and O–H groups in total. The third-order valence-electron chi connectivity index (χ3n) is 4.31. The van der Waals surface area contributed by atoms with E-state index in [1.165, 1.54) is 38.5 Å². The van der Waals surface area contributed by atoms with E-state index in [-0.39, 0.29) is 6.04 Å². The lowest BCUT2D eigenvalue weighted by Crippen LogP contribution is -2.42. The first-order valence-corrected chi connectivity index (χ1v) is 7.27. The van der Waals surface area contributed by atoms with E-state index in [2.05, 4.69) is 11.8 Å². The van der Waals surface area contributed by atoms with Crippen LogP contribution in [0.2, 0.25) is 0 Å². The Balaban J connectivity index is 1.89. The Morgan fingerprint density at radius 1 is 1.29 bits per heavy atom. The average molecular weight is 238 g/mol. The minimum atomic E-state index is 0.114. The van der Waals surface area contributed by atoms with Crippen molar-refractivity contribution in [3.8, 4) is 0 Å². The Kier molecular flexibility index (Phi) is 4.43. The summed E-state index contributed by atoms with van der Waals surface area (Å²) in [6.45, 7) is 3.14. The van der Waals surface area contributed by atoms with Crippen LogP contribution < -0.4 is 5.73 Å². The van der Waals surface area contributed by atoms with Gasteiger partial charge in [0.25, 0.3) is 0 Å². The first-order chi connectivity index (χ1) is 8.22. The van der Waals surface area contributed by atoms with Gasteiger partial charge in [-0.3, -0.25) is 4.79 Å². The van der Waals surface area contributed by atoms with Crippen molar-refractivity contribution >= 4 is 5.91 Å². The fourth-order valence-corrected chi connectivity index (χ4v) is 2.94. The summed E-state index contributed by atoms with van der Waals surface area (Å²) in [7, 11) is 0. The van der Waals surface area contributed by atoms with Crippen molar-refractivity contribution in [2.45, 2.75) is 70.4 Å². The van der Waals surface area contributed by atoms with Crippen molar-refractivity contribution in [2.24, 2.45) is 11.7 Å². The Hall–Kier alpha value is -0.570. The summed E-state index contributed by atoms with van der Waals surface area (Å²) in [6, 6.07) is 0.583. The van der Waals surface area contributed by atoms with Gasteiger partial charge in [-0.1, -0.05) is 19.8 Å². The largest absolute Gasteiger partial charge is 0.340 e. The lowest BCUT2D eigenvalue weighted by Gasteiger charge is -2.30. The van der Waals surface area contributed by atoms with Crippen LogP contribution >= 0.6 is 0 Å². The van der Waals surface area contributed by atoms with Crippen molar-refractivity contribution in [3.05, 3.63) is 0 Å². The number of amides is 1.